The van der Waals surface area contributed by atoms with Gasteiger partial charge in [0.25, 0.3) is 0 Å². The number of anilines is 2. The SMILES string of the molecule is CC1Cc2cccc(C#C[Si](C(C)C)(C(C)C)C(C)C)c2N1c1ncccn1. The van der Waals surface area contributed by atoms with Crippen molar-refractivity contribution in [3.8, 4) is 11.5 Å². The molecule has 1 aromatic heterocycles. The van der Waals surface area contributed by atoms with Crippen LogP contribution in [0.1, 0.15) is 59.6 Å². The maximum Gasteiger partial charge on any atom is 0.230 e. The van der Waals surface area contributed by atoms with Gasteiger partial charge in [0.15, 0.2) is 0 Å². The zero-order valence-electron chi connectivity index (χ0n) is 18.3. The molecule has 0 bridgehead atoms. The molecule has 1 aliphatic heterocycles. The molecule has 28 heavy (non-hydrogen) atoms. The van der Waals surface area contributed by atoms with Gasteiger partial charge in [-0.3, -0.25) is 0 Å². The van der Waals surface area contributed by atoms with Crippen LogP contribution in [0.5, 0.6) is 0 Å². The third-order valence-electron chi connectivity index (χ3n) is 6.36. The molecule has 1 atom stereocenters. The van der Waals surface area contributed by atoms with Crippen LogP contribution in [-0.4, -0.2) is 24.1 Å². The van der Waals surface area contributed by atoms with Gasteiger partial charge < -0.3 is 4.90 Å². The quantitative estimate of drug-likeness (QED) is 0.464. The molecule has 1 aliphatic rings. The van der Waals surface area contributed by atoms with Crippen molar-refractivity contribution in [2.45, 2.75) is 77.6 Å². The van der Waals surface area contributed by atoms with Crippen LogP contribution >= 0.6 is 0 Å². The van der Waals surface area contributed by atoms with Crippen LogP contribution in [0.4, 0.5) is 11.6 Å². The number of hydrogen-bond acceptors (Lipinski definition) is 3. The molecule has 3 rings (SSSR count). The number of fused-ring (bicyclic) bond motifs is 1. The molecule has 0 aliphatic carbocycles. The Morgan fingerprint density at radius 1 is 0.964 bits per heavy atom. The summed E-state index contributed by atoms with van der Waals surface area (Å²) in [5.74, 6) is 4.43. The fourth-order valence-electron chi connectivity index (χ4n) is 5.09. The van der Waals surface area contributed by atoms with E-state index in [2.05, 4.69) is 93.0 Å². The first kappa shape index (κ1) is 20.6. The van der Waals surface area contributed by atoms with Gasteiger partial charge in [-0.15, -0.1) is 5.54 Å². The predicted molar refractivity (Wildman–Crippen MR) is 122 cm³/mol. The largest absolute Gasteiger partial charge is 0.306 e. The highest BCUT2D eigenvalue weighted by Gasteiger charge is 2.42. The van der Waals surface area contributed by atoms with Crippen molar-refractivity contribution in [3.05, 3.63) is 47.8 Å². The monoisotopic (exact) mass is 391 g/mol. The summed E-state index contributed by atoms with van der Waals surface area (Å²) in [4.78, 5) is 11.3. The highest BCUT2D eigenvalue weighted by atomic mass is 28.3. The van der Waals surface area contributed by atoms with Crippen LogP contribution in [0.25, 0.3) is 0 Å². The van der Waals surface area contributed by atoms with Gasteiger partial charge in [-0.2, -0.15) is 0 Å². The van der Waals surface area contributed by atoms with Crippen molar-refractivity contribution >= 4 is 19.7 Å². The number of aromatic nitrogens is 2. The second-order valence-corrected chi connectivity index (χ2v) is 14.5. The zero-order chi connectivity index (χ0) is 20.5. The Bertz CT molecular complexity index is 856. The third kappa shape index (κ3) is 3.49. The first-order chi connectivity index (χ1) is 13.3. The number of hydrogen-bond donors (Lipinski definition) is 0. The van der Waals surface area contributed by atoms with Crippen LogP contribution in [0.15, 0.2) is 36.7 Å². The van der Waals surface area contributed by atoms with E-state index in [9.17, 15) is 0 Å². The Labute approximate surface area is 171 Å². The van der Waals surface area contributed by atoms with Gasteiger partial charge in [0.2, 0.25) is 5.95 Å². The Morgan fingerprint density at radius 2 is 1.57 bits per heavy atom. The minimum atomic E-state index is -1.77. The smallest absolute Gasteiger partial charge is 0.230 e. The van der Waals surface area contributed by atoms with Crippen LogP contribution in [0.3, 0.4) is 0 Å². The van der Waals surface area contributed by atoms with Crippen molar-refractivity contribution < 1.29 is 0 Å². The van der Waals surface area contributed by atoms with Gasteiger partial charge in [0, 0.05) is 24.0 Å². The van der Waals surface area contributed by atoms with E-state index < -0.39 is 8.07 Å². The number of rotatable bonds is 4. The maximum atomic E-state index is 4.52. The van der Waals surface area contributed by atoms with E-state index in [4.69, 9.17) is 0 Å². The molecule has 2 aromatic rings. The van der Waals surface area contributed by atoms with E-state index >= 15 is 0 Å². The second kappa shape index (κ2) is 8.09. The number of para-hydroxylation sites is 1. The summed E-state index contributed by atoms with van der Waals surface area (Å²) in [5.41, 5.74) is 9.44. The van der Waals surface area contributed by atoms with E-state index in [1.54, 1.807) is 0 Å². The van der Waals surface area contributed by atoms with E-state index in [1.807, 2.05) is 18.5 Å². The van der Waals surface area contributed by atoms with Crippen LogP contribution < -0.4 is 4.90 Å². The molecule has 1 unspecified atom stereocenters. The van der Waals surface area contributed by atoms with Crippen molar-refractivity contribution in [1.82, 2.24) is 9.97 Å². The summed E-state index contributed by atoms with van der Waals surface area (Å²) in [6.45, 7) is 16.4. The summed E-state index contributed by atoms with van der Waals surface area (Å²) < 4.78 is 0. The Kier molecular flexibility index (Phi) is 5.95. The Morgan fingerprint density at radius 3 is 2.14 bits per heavy atom. The molecular weight excluding hydrogens is 358 g/mol. The van der Waals surface area contributed by atoms with Crippen LogP contribution in [-0.2, 0) is 6.42 Å². The molecular formula is C24H33N3Si. The fraction of sp³-hybridized carbons (Fsp3) is 0.500. The number of benzene rings is 1. The number of nitrogens with zero attached hydrogens (tertiary/aromatic N) is 3. The molecule has 4 heteroatoms. The lowest BCUT2D eigenvalue weighted by atomic mass is 10.1. The van der Waals surface area contributed by atoms with Crippen molar-refractivity contribution in [3.63, 3.8) is 0 Å². The van der Waals surface area contributed by atoms with Gasteiger partial charge in [-0.1, -0.05) is 59.6 Å². The molecule has 1 aromatic carbocycles. The van der Waals surface area contributed by atoms with E-state index in [1.165, 1.54) is 11.3 Å². The summed E-state index contributed by atoms with van der Waals surface area (Å²) in [5, 5.41) is 0. The molecule has 3 nitrogen and oxygen atoms in total. The average molecular weight is 392 g/mol. The van der Waals surface area contributed by atoms with E-state index in [-0.39, 0.29) is 0 Å². The molecule has 0 fully saturated rings. The van der Waals surface area contributed by atoms with E-state index in [0.29, 0.717) is 22.7 Å². The molecule has 0 spiro atoms. The molecule has 0 N–H and O–H groups in total. The minimum absolute atomic E-state index is 0.336. The standard InChI is InChI=1S/C24H33N3Si/c1-17(2)28(18(3)4,19(5)6)15-12-21-10-8-11-22-16-20(7)27(23(21)22)24-25-13-9-14-26-24/h8-11,13-14,17-20H,16H2,1-7H3. The van der Waals surface area contributed by atoms with Crippen molar-refractivity contribution in [2.24, 2.45) is 0 Å². The summed E-state index contributed by atoms with van der Waals surface area (Å²) in [6.07, 6.45) is 4.63. The van der Waals surface area contributed by atoms with Crippen molar-refractivity contribution in [1.29, 1.82) is 0 Å². The summed E-state index contributed by atoms with van der Waals surface area (Å²) in [6, 6.07) is 8.74. The highest BCUT2D eigenvalue weighted by molar-refractivity contribution is 6.90. The molecule has 0 amide bonds. The molecule has 0 saturated carbocycles. The first-order valence-corrected chi connectivity index (χ1v) is 12.7. The Balaban J connectivity index is 2.13. The van der Waals surface area contributed by atoms with Crippen LogP contribution in [0, 0.1) is 11.5 Å². The minimum Gasteiger partial charge on any atom is -0.306 e. The van der Waals surface area contributed by atoms with Gasteiger partial charge in [0.1, 0.15) is 8.07 Å². The van der Waals surface area contributed by atoms with Gasteiger partial charge in [-0.05, 0) is 47.7 Å². The lowest BCUT2D eigenvalue weighted by Crippen LogP contribution is -2.43. The average Bonchev–Trinajstić information content (AvgIpc) is 2.98. The fourth-order valence-corrected chi connectivity index (χ4v) is 10.3. The molecule has 2 heterocycles. The second-order valence-electron chi connectivity index (χ2n) is 8.93. The van der Waals surface area contributed by atoms with Crippen LogP contribution in [0.2, 0.25) is 16.6 Å². The van der Waals surface area contributed by atoms with E-state index in [0.717, 1.165) is 17.9 Å². The highest BCUT2D eigenvalue weighted by Crippen LogP contribution is 2.42. The maximum absolute atomic E-state index is 4.52. The van der Waals surface area contributed by atoms with Gasteiger partial charge in [0.05, 0.1) is 5.69 Å². The molecule has 148 valence electrons. The molecule has 0 radical (unpaired) electrons. The lowest BCUT2D eigenvalue weighted by Gasteiger charge is -2.38. The first-order valence-electron chi connectivity index (χ1n) is 10.5. The van der Waals surface area contributed by atoms with Gasteiger partial charge in [-0.25, -0.2) is 9.97 Å². The predicted octanol–water partition coefficient (Wildman–Crippen LogP) is 6.13. The Hall–Kier alpha value is -2.12. The summed E-state index contributed by atoms with van der Waals surface area (Å²) in [7, 11) is -1.77. The summed E-state index contributed by atoms with van der Waals surface area (Å²) >= 11 is 0. The zero-order valence-corrected chi connectivity index (χ0v) is 19.3. The topological polar surface area (TPSA) is 29.0 Å². The normalized spacial score (nSPS) is 16.5. The van der Waals surface area contributed by atoms with Crippen molar-refractivity contribution in [2.75, 3.05) is 4.90 Å². The van der Waals surface area contributed by atoms with Gasteiger partial charge >= 0.3 is 0 Å². The molecule has 0 saturated heterocycles. The lowest BCUT2D eigenvalue weighted by molar-refractivity contribution is 0.739. The third-order valence-corrected chi connectivity index (χ3v) is 12.7.